The standard InChI is InChI=1S/C37H32N2O6S/c1-20-14-21(2)32-30(15-20)46-37(38-32)39-33(24-10-13-28(29(18-24)43-4)44-19-23-8-6-5-7-9-23)31(35(41)36(39)42)34(40)25-11-12-27-26(17-25)16-22(3)45-27/h5-15,17-18,22,33,40H,16,19H2,1-4H3/t22-,33-/m0/s1. The molecule has 2 aliphatic rings. The van der Waals surface area contributed by atoms with E-state index in [4.69, 9.17) is 19.2 Å². The maximum absolute atomic E-state index is 13.9. The highest BCUT2D eigenvalue weighted by atomic mass is 32.1. The number of rotatable bonds is 7. The number of aliphatic hydroxyl groups is 1. The molecule has 0 aliphatic carbocycles. The number of aryl methyl sites for hydroxylation is 2. The minimum absolute atomic E-state index is 0.0131. The van der Waals surface area contributed by atoms with Crippen LogP contribution in [0.4, 0.5) is 5.13 Å². The lowest BCUT2D eigenvalue weighted by Crippen LogP contribution is -2.29. The van der Waals surface area contributed by atoms with Gasteiger partial charge in [0, 0.05) is 12.0 Å². The van der Waals surface area contributed by atoms with Crippen LogP contribution in [-0.4, -0.2) is 35.0 Å². The largest absolute Gasteiger partial charge is 0.507 e. The first-order valence-electron chi connectivity index (χ1n) is 15.0. The summed E-state index contributed by atoms with van der Waals surface area (Å²) >= 11 is 1.34. The van der Waals surface area contributed by atoms with Gasteiger partial charge in [-0.2, -0.15) is 0 Å². The lowest BCUT2D eigenvalue weighted by Gasteiger charge is -2.24. The second-order valence-electron chi connectivity index (χ2n) is 11.7. The summed E-state index contributed by atoms with van der Waals surface area (Å²) < 4.78 is 18.6. The van der Waals surface area contributed by atoms with Crippen molar-refractivity contribution in [2.24, 2.45) is 0 Å². The van der Waals surface area contributed by atoms with Gasteiger partial charge < -0.3 is 19.3 Å². The average Bonchev–Trinajstić information content (AvgIpc) is 3.72. The van der Waals surface area contributed by atoms with Gasteiger partial charge in [0.05, 0.1) is 28.9 Å². The molecule has 1 fully saturated rings. The summed E-state index contributed by atoms with van der Waals surface area (Å²) in [6, 6.07) is 23.5. The molecule has 2 aliphatic heterocycles. The predicted molar refractivity (Wildman–Crippen MR) is 178 cm³/mol. The summed E-state index contributed by atoms with van der Waals surface area (Å²) in [6.45, 7) is 6.29. The molecule has 4 aromatic carbocycles. The Bertz CT molecular complexity index is 2050. The number of thiazole rings is 1. The molecule has 5 aromatic rings. The average molecular weight is 633 g/mol. The monoisotopic (exact) mass is 632 g/mol. The zero-order valence-electron chi connectivity index (χ0n) is 25.9. The molecule has 1 aromatic heterocycles. The van der Waals surface area contributed by atoms with Gasteiger partial charge in [-0.15, -0.1) is 0 Å². The first-order chi connectivity index (χ1) is 22.2. The van der Waals surface area contributed by atoms with Crippen LogP contribution in [0.3, 0.4) is 0 Å². The fraction of sp³-hybridized carbons (Fsp3) is 0.216. The van der Waals surface area contributed by atoms with Gasteiger partial charge in [-0.05, 0) is 85.0 Å². The van der Waals surface area contributed by atoms with Crippen LogP contribution in [0, 0.1) is 13.8 Å². The maximum atomic E-state index is 13.9. The van der Waals surface area contributed by atoms with E-state index in [1.807, 2.05) is 69.3 Å². The SMILES string of the molecule is COc1cc([C@H]2C(=C(O)c3ccc4c(c3)C[C@H](C)O4)C(=O)C(=O)N2c2nc3c(C)cc(C)cc3s2)ccc1OCc1ccccc1. The second-order valence-corrected chi connectivity index (χ2v) is 12.7. The van der Waals surface area contributed by atoms with E-state index in [9.17, 15) is 14.7 Å². The Morgan fingerprint density at radius 1 is 1.02 bits per heavy atom. The van der Waals surface area contributed by atoms with Gasteiger partial charge >= 0.3 is 5.91 Å². The number of benzene rings is 4. The maximum Gasteiger partial charge on any atom is 0.301 e. The number of Topliss-reactive ketones (excluding diaryl/α,β-unsaturated/α-hetero) is 1. The number of aliphatic hydroxyl groups excluding tert-OH is 1. The van der Waals surface area contributed by atoms with Crippen LogP contribution >= 0.6 is 11.3 Å². The second kappa shape index (κ2) is 11.7. The van der Waals surface area contributed by atoms with Gasteiger partial charge in [0.25, 0.3) is 5.78 Å². The number of carbonyl (C=O) groups is 2. The van der Waals surface area contributed by atoms with Gasteiger partial charge in [0.1, 0.15) is 24.2 Å². The number of hydrogen-bond acceptors (Lipinski definition) is 8. The lowest BCUT2D eigenvalue weighted by atomic mass is 9.94. The molecule has 0 unspecified atom stereocenters. The number of ether oxygens (including phenoxy) is 3. The highest BCUT2D eigenvalue weighted by Gasteiger charge is 2.48. The van der Waals surface area contributed by atoms with Gasteiger partial charge in [-0.3, -0.25) is 14.5 Å². The van der Waals surface area contributed by atoms with Crippen molar-refractivity contribution in [3.8, 4) is 17.2 Å². The molecule has 232 valence electrons. The van der Waals surface area contributed by atoms with E-state index >= 15 is 0 Å². The van der Waals surface area contributed by atoms with Gasteiger partial charge in [0.15, 0.2) is 16.6 Å². The summed E-state index contributed by atoms with van der Waals surface area (Å²) in [4.78, 5) is 34.0. The summed E-state index contributed by atoms with van der Waals surface area (Å²) in [7, 11) is 1.54. The topological polar surface area (TPSA) is 98.2 Å². The number of carbonyl (C=O) groups excluding carboxylic acids is 2. The highest BCUT2D eigenvalue weighted by molar-refractivity contribution is 7.22. The Balaban J connectivity index is 1.36. The normalized spacial score (nSPS) is 18.6. The highest BCUT2D eigenvalue weighted by Crippen LogP contribution is 2.46. The molecular weight excluding hydrogens is 600 g/mol. The molecule has 2 atom stereocenters. The van der Waals surface area contributed by atoms with Crippen molar-refractivity contribution in [2.45, 2.75) is 45.9 Å². The number of methoxy groups -OCH3 is 1. The molecular formula is C37H32N2O6S. The predicted octanol–water partition coefficient (Wildman–Crippen LogP) is 7.45. The number of aromatic nitrogens is 1. The molecule has 3 heterocycles. The molecule has 0 radical (unpaired) electrons. The Morgan fingerprint density at radius 3 is 2.61 bits per heavy atom. The molecule has 1 N–H and O–H groups in total. The third kappa shape index (κ3) is 5.16. The molecule has 0 bridgehead atoms. The van der Waals surface area contributed by atoms with Crippen molar-refractivity contribution in [1.82, 2.24) is 4.98 Å². The molecule has 0 saturated carbocycles. The van der Waals surface area contributed by atoms with E-state index in [1.165, 1.54) is 23.3 Å². The van der Waals surface area contributed by atoms with Crippen molar-refractivity contribution in [3.63, 3.8) is 0 Å². The van der Waals surface area contributed by atoms with Crippen LogP contribution in [0.5, 0.6) is 17.2 Å². The summed E-state index contributed by atoms with van der Waals surface area (Å²) in [5.41, 5.74) is 5.72. The van der Waals surface area contributed by atoms with Crippen LogP contribution < -0.4 is 19.1 Å². The minimum Gasteiger partial charge on any atom is -0.507 e. The fourth-order valence-corrected chi connectivity index (χ4v) is 7.41. The Morgan fingerprint density at radius 2 is 1.83 bits per heavy atom. The quantitative estimate of drug-likeness (QED) is 0.113. The first kappa shape index (κ1) is 29.6. The summed E-state index contributed by atoms with van der Waals surface area (Å²) in [5, 5.41) is 12.1. The number of hydrogen-bond donors (Lipinski definition) is 1. The van der Waals surface area contributed by atoms with Crippen molar-refractivity contribution >= 4 is 44.1 Å². The van der Waals surface area contributed by atoms with E-state index in [1.54, 1.807) is 30.3 Å². The van der Waals surface area contributed by atoms with E-state index in [0.717, 1.165) is 38.2 Å². The summed E-state index contributed by atoms with van der Waals surface area (Å²) in [5.74, 6) is -0.129. The number of fused-ring (bicyclic) bond motifs is 2. The number of amides is 1. The smallest absolute Gasteiger partial charge is 0.301 e. The van der Waals surface area contributed by atoms with E-state index in [0.29, 0.717) is 40.8 Å². The lowest BCUT2D eigenvalue weighted by molar-refractivity contribution is -0.132. The number of ketones is 1. The van der Waals surface area contributed by atoms with Crippen molar-refractivity contribution in [2.75, 3.05) is 12.0 Å². The van der Waals surface area contributed by atoms with Crippen LogP contribution in [0.1, 0.15) is 46.3 Å². The molecule has 8 nitrogen and oxygen atoms in total. The molecule has 7 rings (SSSR count). The van der Waals surface area contributed by atoms with Gasteiger partial charge in [0.2, 0.25) is 0 Å². The Labute approximate surface area is 270 Å². The van der Waals surface area contributed by atoms with Crippen molar-refractivity contribution in [1.29, 1.82) is 0 Å². The third-order valence-electron chi connectivity index (χ3n) is 8.38. The Kier molecular flexibility index (Phi) is 7.49. The zero-order chi connectivity index (χ0) is 32.1. The van der Waals surface area contributed by atoms with Crippen LogP contribution in [-0.2, 0) is 22.6 Å². The molecule has 0 spiro atoms. The Hall–Kier alpha value is -5.15. The van der Waals surface area contributed by atoms with Crippen molar-refractivity contribution < 1.29 is 28.9 Å². The van der Waals surface area contributed by atoms with Crippen LogP contribution in [0.25, 0.3) is 16.0 Å². The van der Waals surface area contributed by atoms with Crippen LogP contribution in [0.15, 0.2) is 84.4 Å². The van der Waals surface area contributed by atoms with Gasteiger partial charge in [-0.25, -0.2) is 4.98 Å². The minimum atomic E-state index is -0.970. The zero-order valence-corrected chi connectivity index (χ0v) is 26.7. The molecule has 1 amide bonds. The van der Waals surface area contributed by atoms with Crippen LogP contribution in [0.2, 0.25) is 0 Å². The first-order valence-corrected chi connectivity index (χ1v) is 15.9. The number of nitrogens with zero attached hydrogens (tertiary/aromatic N) is 2. The fourth-order valence-electron chi connectivity index (χ4n) is 6.24. The van der Waals surface area contributed by atoms with Crippen molar-refractivity contribution in [3.05, 3.63) is 118 Å². The van der Waals surface area contributed by atoms with Gasteiger partial charge in [-0.1, -0.05) is 53.8 Å². The number of anilines is 1. The van der Waals surface area contributed by atoms with E-state index < -0.39 is 17.7 Å². The van der Waals surface area contributed by atoms with E-state index in [-0.39, 0.29) is 17.4 Å². The molecule has 46 heavy (non-hydrogen) atoms. The van der Waals surface area contributed by atoms with E-state index in [2.05, 4.69) is 0 Å². The molecule has 9 heteroatoms. The third-order valence-corrected chi connectivity index (χ3v) is 9.38. The summed E-state index contributed by atoms with van der Waals surface area (Å²) in [6.07, 6.45) is 0.694. The molecule has 1 saturated heterocycles.